The van der Waals surface area contributed by atoms with Gasteiger partial charge in [-0.2, -0.15) is 0 Å². The van der Waals surface area contributed by atoms with E-state index in [9.17, 15) is 9.59 Å². The van der Waals surface area contributed by atoms with Crippen molar-refractivity contribution in [2.75, 3.05) is 0 Å². The van der Waals surface area contributed by atoms with Crippen LogP contribution >= 0.6 is 0 Å². The van der Waals surface area contributed by atoms with E-state index >= 15 is 0 Å². The zero-order valence-electron chi connectivity index (χ0n) is 16.2. The van der Waals surface area contributed by atoms with Crippen molar-refractivity contribution in [3.63, 3.8) is 0 Å². The molecule has 0 saturated heterocycles. The van der Waals surface area contributed by atoms with E-state index in [4.69, 9.17) is 9.47 Å². The van der Waals surface area contributed by atoms with E-state index in [1.807, 2.05) is 0 Å². The summed E-state index contributed by atoms with van der Waals surface area (Å²) in [5.74, 6) is 2.37. The zero-order valence-corrected chi connectivity index (χ0v) is 16.2. The highest BCUT2D eigenvalue weighted by Crippen LogP contribution is 2.60. The predicted molar refractivity (Wildman–Crippen MR) is 98.0 cm³/mol. The molecule has 0 bridgehead atoms. The van der Waals surface area contributed by atoms with Crippen molar-refractivity contribution in [1.82, 2.24) is 0 Å². The highest BCUT2D eigenvalue weighted by molar-refractivity contribution is 5.66. The number of rotatable bonds is 2. The van der Waals surface area contributed by atoms with Crippen LogP contribution in [0.5, 0.6) is 0 Å². The van der Waals surface area contributed by atoms with Crippen LogP contribution in [0.4, 0.5) is 0 Å². The maximum atomic E-state index is 11.7. The Bertz CT molecular complexity index is 662. The SMILES string of the molecule is CC(=O)O[C@H]1C[C@H](C)[C@H]2CC=C(C)C3=CC[C@H]4[C@H]3[C@H]2[C@H]1C[C@@H]4OC(C)=O. The Labute approximate surface area is 156 Å². The van der Waals surface area contributed by atoms with Crippen molar-refractivity contribution in [1.29, 1.82) is 0 Å². The number of esters is 2. The van der Waals surface area contributed by atoms with Crippen LogP contribution < -0.4 is 0 Å². The Kier molecular flexibility index (Phi) is 4.48. The molecule has 4 aliphatic carbocycles. The largest absolute Gasteiger partial charge is 0.462 e. The summed E-state index contributed by atoms with van der Waals surface area (Å²) in [6.45, 7) is 7.55. The lowest BCUT2D eigenvalue weighted by Crippen LogP contribution is -2.54. The van der Waals surface area contributed by atoms with Crippen LogP contribution in [0.3, 0.4) is 0 Å². The van der Waals surface area contributed by atoms with Crippen LogP contribution in [0.25, 0.3) is 0 Å². The second-order valence-electron chi connectivity index (χ2n) is 8.86. The first-order chi connectivity index (χ1) is 12.4. The van der Waals surface area contributed by atoms with Crippen LogP contribution in [0.1, 0.15) is 53.4 Å². The van der Waals surface area contributed by atoms with Gasteiger partial charge in [-0.1, -0.05) is 24.6 Å². The summed E-state index contributed by atoms with van der Waals surface area (Å²) in [4.78, 5) is 23.5. The molecule has 4 aliphatic rings. The zero-order chi connectivity index (χ0) is 18.6. The van der Waals surface area contributed by atoms with E-state index in [-0.39, 0.29) is 30.1 Å². The minimum absolute atomic E-state index is 0.0528. The molecular formula is C22H30O4. The van der Waals surface area contributed by atoms with Crippen LogP contribution in [-0.2, 0) is 19.1 Å². The smallest absolute Gasteiger partial charge is 0.302 e. The van der Waals surface area contributed by atoms with Crippen molar-refractivity contribution in [3.8, 4) is 0 Å². The summed E-state index contributed by atoms with van der Waals surface area (Å²) in [6, 6.07) is 0. The van der Waals surface area contributed by atoms with Gasteiger partial charge in [0.2, 0.25) is 0 Å². The first-order valence-electron chi connectivity index (χ1n) is 10.1. The van der Waals surface area contributed by atoms with Gasteiger partial charge >= 0.3 is 11.9 Å². The van der Waals surface area contributed by atoms with Gasteiger partial charge in [0.1, 0.15) is 12.2 Å². The first kappa shape index (κ1) is 17.8. The van der Waals surface area contributed by atoms with E-state index in [1.165, 1.54) is 25.0 Å². The number of allylic oxidation sites excluding steroid dienone is 4. The van der Waals surface area contributed by atoms with E-state index in [1.54, 1.807) is 0 Å². The topological polar surface area (TPSA) is 52.6 Å². The molecule has 0 N–H and O–H groups in total. The maximum absolute atomic E-state index is 11.7. The van der Waals surface area contributed by atoms with E-state index < -0.39 is 0 Å². The summed E-state index contributed by atoms with van der Waals surface area (Å²) in [5, 5.41) is 0. The van der Waals surface area contributed by atoms with Gasteiger partial charge in [-0.15, -0.1) is 0 Å². The predicted octanol–water partition coefficient (Wildman–Crippen LogP) is 4.05. The molecule has 0 aromatic heterocycles. The van der Waals surface area contributed by atoms with Gasteiger partial charge in [-0.3, -0.25) is 9.59 Å². The highest BCUT2D eigenvalue weighted by Gasteiger charge is 2.57. The lowest BCUT2D eigenvalue weighted by atomic mass is 9.53. The third kappa shape index (κ3) is 2.82. The molecule has 26 heavy (non-hydrogen) atoms. The van der Waals surface area contributed by atoms with Crippen LogP contribution in [0.2, 0.25) is 0 Å². The Morgan fingerprint density at radius 2 is 1.54 bits per heavy atom. The quantitative estimate of drug-likeness (QED) is 0.699. The molecule has 4 heteroatoms. The van der Waals surface area contributed by atoms with Gasteiger partial charge in [0, 0.05) is 25.7 Å². The molecule has 0 amide bonds. The standard InChI is InChI=1S/C22H30O4/c1-11-5-6-16-12(2)9-19(25-13(3)23)18-10-20(26-14(4)24)17-8-7-15(11)21(17)22(16)18/h5,7,12,16-22H,6,8-10H2,1-4H3/t12-,16+,17+,18-,19-,20-,21-,22+/m0/s1. The summed E-state index contributed by atoms with van der Waals surface area (Å²) in [6.07, 6.45) is 8.52. The molecule has 4 nitrogen and oxygen atoms in total. The molecule has 142 valence electrons. The van der Waals surface area contributed by atoms with Gasteiger partial charge in [0.25, 0.3) is 0 Å². The maximum Gasteiger partial charge on any atom is 0.302 e. The molecule has 2 saturated carbocycles. The molecule has 0 spiro atoms. The van der Waals surface area contributed by atoms with Gasteiger partial charge in [-0.25, -0.2) is 0 Å². The lowest BCUT2D eigenvalue weighted by molar-refractivity contribution is -0.176. The van der Waals surface area contributed by atoms with E-state index in [0.717, 1.165) is 25.7 Å². The summed E-state index contributed by atoms with van der Waals surface area (Å²) < 4.78 is 11.6. The van der Waals surface area contributed by atoms with Gasteiger partial charge in [0.05, 0.1) is 0 Å². The van der Waals surface area contributed by atoms with Gasteiger partial charge in [0.15, 0.2) is 0 Å². The second kappa shape index (κ2) is 6.54. The normalized spacial score (nSPS) is 43.5. The molecule has 0 aromatic carbocycles. The van der Waals surface area contributed by atoms with Crippen molar-refractivity contribution < 1.29 is 19.1 Å². The molecule has 0 radical (unpaired) electrons. The highest BCUT2D eigenvalue weighted by atomic mass is 16.5. The third-order valence-corrected chi connectivity index (χ3v) is 7.41. The van der Waals surface area contributed by atoms with Crippen molar-refractivity contribution in [2.45, 2.75) is 65.6 Å². The molecule has 2 fully saturated rings. The fraction of sp³-hybridized carbons (Fsp3) is 0.727. The fourth-order valence-corrected chi connectivity index (χ4v) is 6.54. The molecule has 4 rings (SSSR count). The average molecular weight is 358 g/mol. The summed E-state index contributed by atoms with van der Waals surface area (Å²) in [7, 11) is 0. The lowest BCUT2D eigenvalue weighted by Gasteiger charge is -2.54. The summed E-state index contributed by atoms with van der Waals surface area (Å²) >= 11 is 0. The van der Waals surface area contributed by atoms with Crippen molar-refractivity contribution >= 4 is 11.9 Å². The number of hydrogen-bond acceptors (Lipinski definition) is 4. The molecule has 0 aromatic rings. The molecular weight excluding hydrogens is 328 g/mol. The first-order valence-corrected chi connectivity index (χ1v) is 10.1. The fourth-order valence-electron chi connectivity index (χ4n) is 6.54. The monoisotopic (exact) mass is 358 g/mol. The number of hydrogen-bond donors (Lipinski definition) is 0. The van der Waals surface area contributed by atoms with Crippen molar-refractivity contribution in [3.05, 3.63) is 23.3 Å². The molecule has 0 aliphatic heterocycles. The van der Waals surface area contributed by atoms with Crippen LogP contribution in [0, 0.1) is 35.5 Å². The van der Waals surface area contributed by atoms with Crippen LogP contribution in [0.15, 0.2) is 23.3 Å². The van der Waals surface area contributed by atoms with Gasteiger partial charge < -0.3 is 9.47 Å². The Hall–Kier alpha value is -1.58. The number of carbonyl (C=O) groups excluding carboxylic acids is 2. The molecule has 8 atom stereocenters. The Morgan fingerprint density at radius 3 is 2.19 bits per heavy atom. The number of carbonyl (C=O) groups is 2. The molecule has 0 unspecified atom stereocenters. The Balaban J connectivity index is 1.74. The van der Waals surface area contributed by atoms with E-state index in [0.29, 0.717) is 29.6 Å². The minimum atomic E-state index is -0.201. The average Bonchev–Trinajstić information content (AvgIpc) is 2.93. The Morgan fingerprint density at radius 1 is 0.923 bits per heavy atom. The van der Waals surface area contributed by atoms with Gasteiger partial charge in [-0.05, 0) is 61.9 Å². The van der Waals surface area contributed by atoms with Crippen molar-refractivity contribution in [2.24, 2.45) is 35.5 Å². The second-order valence-corrected chi connectivity index (χ2v) is 8.86. The molecule has 0 heterocycles. The number of ether oxygens (including phenoxy) is 2. The minimum Gasteiger partial charge on any atom is -0.462 e. The van der Waals surface area contributed by atoms with E-state index in [2.05, 4.69) is 26.0 Å². The third-order valence-electron chi connectivity index (χ3n) is 7.41. The summed E-state index contributed by atoms with van der Waals surface area (Å²) in [5.41, 5.74) is 2.85. The van der Waals surface area contributed by atoms with Crippen LogP contribution in [-0.4, -0.2) is 24.1 Å².